The molecule has 20 heavy (non-hydrogen) atoms. The zero-order chi connectivity index (χ0) is 14.3. The molecule has 0 radical (unpaired) electrons. The van der Waals surface area contributed by atoms with Crippen LogP contribution in [-0.4, -0.2) is 42.1 Å². The van der Waals surface area contributed by atoms with Crippen LogP contribution in [0.1, 0.15) is 18.4 Å². The lowest BCUT2D eigenvalue weighted by atomic mass is 9.91. The molecule has 1 spiro atoms. The van der Waals surface area contributed by atoms with Crippen LogP contribution < -0.4 is 5.32 Å². The van der Waals surface area contributed by atoms with Crippen molar-refractivity contribution in [2.45, 2.75) is 18.4 Å². The highest BCUT2D eigenvalue weighted by Gasteiger charge is 2.52. The second-order valence-electron chi connectivity index (χ2n) is 5.40. The van der Waals surface area contributed by atoms with Crippen LogP contribution in [0, 0.1) is 5.82 Å². The van der Waals surface area contributed by atoms with Gasteiger partial charge in [-0.05, 0) is 24.6 Å². The maximum Gasteiger partial charge on any atom is 0.408 e. The number of amides is 2. The summed E-state index contributed by atoms with van der Waals surface area (Å²) in [5.41, 5.74) is 0.0893. The van der Waals surface area contributed by atoms with Crippen molar-refractivity contribution in [3.05, 3.63) is 35.6 Å². The Morgan fingerprint density at radius 1 is 1.50 bits per heavy atom. The molecule has 0 bridgehead atoms. The number of alkyl carbamates (subject to hydrolysis) is 1. The van der Waals surface area contributed by atoms with E-state index in [1.165, 1.54) is 12.1 Å². The van der Waals surface area contributed by atoms with Crippen molar-refractivity contribution >= 4 is 12.0 Å². The van der Waals surface area contributed by atoms with Gasteiger partial charge in [0.05, 0.1) is 25.6 Å². The Bertz CT molecular complexity index is 569. The van der Waals surface area contributed by atoms with E-state index in [9.17, 15) is 14.0 Å². The van der Waals surface area contributed by atoms with Gasteiger partial charge in [-0.15, -0.1) is 0 Å². The number of carbonyl (C=O) groups is 2. The largest absolute Gasteiger partial charge is 0.437 e. The highest BCUT2D eigenvalue weighted by Crippen LogP contribution is 2.31. The molecule has 1 unspecified atom stereocenters. The van der Waals surface area contributed by atoms with Gasteiger partial charge in [0.2, 0.25) is 5.91 Å². The average Bonchev–Trinajstić information content (AvgIpc) is 2.78. The number of halogens is 1. The molecule has 2 aliphatic heterocycles. The first kappa shape index (κ1) is 12.9. The summed E-state index contributed by atoms with van der Waals surface area (Å²) in [4.78, 5) is 25.0. The first-order valence-corrected chi connectivity index (χ1v) is 6.50. The lowest BCUT2D eigenvalue weighted by Gasteiger charge is -2.46. The van der Waals surface area contributed by atoms with Crippen LogP contribution in [0.15, 0.2) is 24.3 Å². The summed E-state index contributed by atoms with van der Waals surface area (Å²) in [5, 5.41) is 2.59. The average molecular weight is 278 g/mol. The van der Waals surface area contributed by atoms with Crippen LogP contribution in [0.3, 0.4) is 0 Å². The molecule has 1 aromatic rings. The van der Waals surface area contributed by atoms with Crippen LogP contribution >= 0.6 is 0 Å². The maximum absolute atomic E-state index is 13.2. The Balaban J connectivity index is 1.65. The molecular formula is C14H15FN2O3. The molecule has 1 aromatic carbocycles. The number of hydrogen-bond donors (Lipinski definition) is 1. The van der Waals surface area contributed by atoms with Crippen LogP contribution in [0.2, 0.25) is 0 Å². The summed E-state index contributed by atoms with van der Waals surface area (Å²) in [5.74, 6) is -0.839. The first-order valence-electron chi connectivity index (χ1n) is 6.50. The van der Waals surface area contributed by atoms with Crippen LogP contribution in [0.4, 0.5) is 9.18 Å². The molecule has 106 valence electrons. The van der Waals surface area contributed by atoms with Crippen LogP contribution in [-0.2, 0) is 9.53 Å². The first-order chi connectivity index (χ1) is 9.49. The fourth-order valence-electron chi connectivity index (χ4n) is 2.68. The van der Waals surface area contributed by atoms with Gasteiger partial charge in [-0.25, -0.2) is 9.18 Å². The Kier molecular flexibility index (Phi) is 2.88. The summed E-state index contributed by atoms with van der Waals surface area (Å²) in [7, 11) is 0. The number of likely N-dealkylation sites (tertiary alicyclic amines) is 1. The third-order valence-electron chi connectivity index (χ3n) is 3.85. The maximum atomic E-state index is 13.2. The van der Waals surface area contributed by atoms with Crippen molar-refractivity contribution in [3.63, 3.8) is 0 Å². The van der Waals surface area contributed by atoms with E-state index in [0.29, 0.717) is 25.2 Å². The van der Waals surface area contributed by atoms with Gasteiger partial charge < -0.3 is 15.0 Å². The van der Waals surface area contributed by atoms with Gasteiger partial charge in [-0.3, -0.25) is 4.79 Å². The molecule has 0 aromatic heterocycles. The third kappa shape index (κ3) is 2.11. The third-order valence-corrected chi connectivity index (χ3v) is 3.85. The minimum atomic E-state index is -0.561. The molecule has 5 nitrogen and oxygen atoms in total. The normalized spacial score (nSPS) is 21.1. The molecule has 2 aliphatic rings. The van der Waals surface area contributed by atoms with Crippen molar-refractivity contribution in [1.82, 2.24) is 10.2 Å². The van der Waals surface area contributed by atoms with E-state index in [1.807, 2.05) is 0 Å². The van der Waals surface area contributed by atoms with Gasteiger partial charge in [0.25, 0.3) is 0 Å². The fourth-order valence-corrected chi connectivity index (χ4v) is 2.68. The standard InChI is InChI=1S/C14H15FN2O3/c1-9(10-3-2-4-11(15)5-10)12(18)17-7-14(8-17)6-16-13(19)20-14/h2-5,9H,6-8H2,1H3,(H,16,19). The molecule has 3 rings (SSSR count). The van der Waals surface area contributed by atoms with E-state index in [2.05, 4.69) is 5.32 Å². The molecule has 6 heteroatoms. The lowest BCUT2D eigenvalue weighted by Crippen LogP contribution is -2.65. The van der Waals surface area contributed by atoms with Gasteiger partial charge >= 0.3 is 6.09 Å². The van der Waals surface area contributed by atoms with E-state index in [-0.39, 0.29) is 11.7 Å². The Hall–Kier alpha value is -2.11. The van der Waals surface area contributed by atoms with Crippen LogP contribution in [0.25, 0.3) is 0 Å². The summed E-state index contributed by atoms with van der Waals surface area (Å²) in [6, 6.07) is 6.05. The van der Waals surface area contributed by atoms with Gasteiger partial charge in [-0.1, -0.05) is 12.1 Å². The van der Waals surface area contributed by atoms with E-state index in [0.717, 1.165) is 0 Å². The number of benzene rings is 1. The van der Waals surface area contributed by atoms with Crippen molar-refractivity contribution in [2.24, 2.45) is 0 Å². The number of rotatable bonds is 2. The second-order valence-corrected chi connectivity index (χ2v) is 5.40. The summed E-state index contributed by atoms with van der Waals surface area (Å²) in [6.07, 6.45) is -0.435. The number of hydrogen-bond acceptors (Lipinski definition) is 3. The Morgan fingerprint density at radius 3 is 2.85 bits per heavy atom. The highest BCUT2D eigenvalue weighted by atomic mass is 19.1. The topological polar surface area (TPSA) is 58.6 Å². The predicted molar refractivity (Wildman–Crippen MR) is 68.6 cm³/mol. The SMILES string of the molecule is CC(C(=O)N1CC2(CNC(=O)O2)C1)c1cccc(F)c1. The molecule has 0 saturated carbocycles. The van der Waals surface area contributed by atoms with E-state index in [1.54, 1.807) is 24.0 Å². The minimum Gasteiger partial charge on any atom is -0.437 e. The highest BCUT2D eigenvalue weighted by molar-refractivity contribution is 5.84. The molecule has 2 saturated heterocycles. The molecule has 1 N–H and O–H groups in total. The molecule has 2 heterocycles. The number of carbonyl (C=O) groups excluding carboxylic acids is 2. The smallest absolute Gasteiger partial charge is 0.408 e. The van der Waals surface area contributed by atoms with Gasteiger partial charge in [-0.2, -0.15) is 0 Å². The zero-order valence-electron chi connectivity index (χ0n) is 11.1. The molecular weight excluding hydrogens is 263 g/mol. The van der Waals surface area contributed by atoms with E-state index in [4.69, 9.17) is 4.74 Å². The number of nitrogens with one attached hydrogen (secondary N) is 1. The van der Waals surface area contributed by atoms with E-state index >= 15 is 0 Å². The van der Waals surface area contributed by atoms with Gasteiger partial charge in [0, 0.05) is 0 Å². The van der Waals surface area contributed by atoms with Gasteiger partial charge in [0.15, 0.2) is 5.60 Å². The summed E-state index contributed by atoms with van der Waals surface area (Å²) in [6.45, 7) is 2.97. The molecule has 1 atom stereocenters. The molecule has 2 fully saturated rings. The molecule has 2 amide bonds. The minimum absolute atomic E-state index is 0.0795. The Labute approximate surface area is 115 Å². The van der Waals surface area contributed by atoms with Crippen molar-refractivity contribution in [1.29, 1.82) is 0 Å². The Morgan fingerprint density at radius 2 is 2.25 bits per heavy atom. The van der Waals surface area contributed by atoms with Crippen molar-refractivity contribution in [3.8, 4) is 0 Å². The van der Waals surface area contributed by atoms with Crippen molar-refractivity contribution in [2.75, 3.05) is 19.6 Å². The van der Waals surface area contributed by atoms with Gasteiger partial charge in [0.1, 0.15) is 5.82 Å². The monoisotopic (exact) mass is 278 g/mol. The summed E-state index contributed by atoms with van der Waals surface area (Å²) >= 11 is 0. The second kappa shape index (κ2) is 4.47. The lowest BCUT2D eigenvalue weighted by molar-refractivity contribution is -0.151. The van der Waals surface area contributed by atoms with Crippen LogP contribution in [0.5, 0.6) is 0 Å². The fraction of sp³-hybridized carbons (Fsp3) is 0.429. The zero-order valence-corrected chi connectivity index (χ0v) is 11.1. The van der Waals surface area contributed by atoms with E-state index < -0.39 is 17.6 Å². The summed E-state index contributed by atoms with van der Waals surface area (Å²) < 4.78 is 18.3. The predicted octanol–water partition coefficient (Wildman–Crippen LogP) is 1.25. The number of ether oxygens (including phenoxy) is 1. The van der Waals surface area contributed by atoms with Crippen molar-refractivity contribution < 1.29 is 18.7 Å². The number of nitrogens with zero attached hydrogens (tertiary/aromatic N) is 1. The quantitative estimate of drug-likeness (QED) is 0.885. The molecule has 0 aliphatic carbocycles.